The maximum Gasteiger partial charge on any atom is 0.235 e. The summed E-state index contributed by atoms with van der Waals surface area (Å²) in [5.74, 6) is 0.655. The van der Waals surface area contributed by atoms with Gasteiger partial charge in [0, 0.05) is 43.6 Å². The Balaban J connectivity index is 1.24. The molecular formula is C52H30N4. The van der Waals surface area contributed by atoms with Crippen molar-refractivity contribution in [2.24, 2.45) is 0 Å². The molecule has 0 amide bonds. The standard InChI is InChI=1S/C52H30N4/c1-3-17-33-31(14-1)16-13-24-39(33)50-47-34-18-4-2-15-32(34)28-29-42(47)53-52(54-50)56-45-27-12-9-23-40(45)48-46(56)30-41-37-21-8-11-26-44(37)55-43-25-10-7-20-36(43)35-19-5-6-22-38(35)49(48)51(41)55/h1-30H. The summed E-state index contributed by atoms with van der Waals surface area (Å²) in [5.41, 5.74) is 13.6. The molecule has 3 aromatic heterocycles. The normalized spacial score (nSPS) is 12.3. The molecular weight excluding hydrogens is 681 g/mol. The van der Waals surface area contributed by atoms with Gasteiger partial charge in [0.1, 0.15) is 0 Å². The molecule has 12 aromatic rings. The molecule has 0 spiro atoms. The molecule has 0 aliphatic carbocycles. The SMILES string of the molecule is c1ccc2c(c1)-c1ccccc1-n1c3ccccc3c3cc4c(c-2c31)c1ccccc1n4-c1nc(-c2cccc3ccccc23)c2c(ccc3ccccc32)n1. The van der Waals surface area contributed by atoms with E-state index in [-0.39, 0.29) is 0 Å². The van der Waals surface area contributed by atoms with Crippen LogP contribution >= 0.6 is 0 Å². The molecule has 0 saturated heterocycles. The summed E-state index contributed by atoms with van der Waals surface area (Å²) < 4.78 is 4.81. The van der Waals surface area contributed by atoms with Gasteiger partial charge in [-0.3, -0.25) is 4.57 Å². The number of fused-ring (bicyclic) bond motifs is 16. The van der Waals surface area contributed by atoms with Gasteiger partial charge >= 0.3 is 0 Å². The van der Waals surface area contributed by atoms with E-state index in [9.17, 15) is 0 Å². The van der Waals surface area contributed by atoms with Crippen LogP contribution in [0.2, 0.25) is 0 Å². The average Bonchev–Trinajstić information content (AvgIpc) is 3.73. The lowest BCUT2D eigenvalue weighted by molar-refractivity contribution is 1.02. The van der Waals surface area contributed by atoms with Crippen molar-refractivity contribution in [2.45, 2.75) is 0 Å². The first-order valence-electron chi connectivity index (χ1n) is 19.2. The van der Waals surface area contributed by atoms with Gasteiger partial charge in [-0.25, -0.2) is 9.97 Å². The zero-order valence-corrected chi connectivity index (χ0v) is 30.1. The number of benzene rings is 9. The maximum absolute atomic E-state index is 5.67. The molecule has 0 atom stereocenters. The minimum atomic E-state index is 0.655. The van der Waals surface area contributed by atoms with Crippen molar-refractivity contribution < 1.29 is 0 Å². The fourth-order valence-corrected chi connectivity index (χ4v) is 9.75. The Hall–Kier alpha value is -7.56. The fraction of sp³-hybridized carbons (Fsp3) is 0. The Labute approximate surface area is 321 Å². The largest absolute Gasteiger partial charge is 0.308 e. The summed E-state index contributed by atoms with van der Waals surface area (Å²) in [5, 5.41) is 10.5. The highest BCUT2D eigenvalue weighted by atomic mass is 15.2. The van der Waals surface area contributed by atoms with E-state index in [1.54, 1.807) is 0 Å². The first-order chi connectivity index (χ1) is 27.8. The van der Waals surface area contributed by atoms with Gasteiger partial charge in [-0.15, -0.1) is 0 Å². The molecule has 0 bridgehead atoms. The predicted octanol–water partition coefficient (Wildman–Crippen LogP) is 13.4. The van der Waals surface area contributed by atoms with Crippen LogP contribution in [0, 0.1) is 0 Å². The highest BCUT2D eigenvalue weighted by Crippen LogP contribution is 2.51. The molecule has 9 aromatic carbocycles. The zero-order chi connectivity index (χ0) is 36.5. The Morgan fingerprint density at radius 3 is 1.80 bits per heavy atom. The topological polar surface area (TPSA) is 35.6 Å². The fourth-order valence-electron chi connectivity index (χ4n) is 9.75. The van der Waals surface area contributed by atoms with E-state index in [2.05, 4.69) is 191 Å². The van der Waals surface area contributed by atoms with Crippen LogP contribution in [0.15, 0.2) is 182 Å². The summed E-state index contributed by atoms with van der Waals surface area (Å²) in [4.78, 5) is 11.2. The van der Waals surface area contributed by atoms with Crippen LogP contribution in [0.5, 0.6) is 0 Å². The smallest absolute Gasteiger partial charge is 0.235 e. The molecule has 56 heavy (non-hydrogen) atoms. The summed E-state index contributed by atoms with van der Waals surface area (Å²) in [6.07, 6.45) is 0. The Morgan fingerprint density at radius 1 is 0.357 bits per heavy atom. The zero-order valence-electron chi connectivity index (χ0n) is 30.1. The number of rotatable bonds is 2. The van der Waals surface area contributed by atoms with E-state index in [0.717, 1.165) is 38.6 Å². The van der Waals surface area contributed by atoms with Crippen molar-refractivity contribution in [3.63, 3.8) is 0 Å². The van der Waals surface area contributed by atoms with Crippen LogP contribution in [-0.2, 0) is 0 Å². The lowest BCUT2D eigenvalue weighted by Gasteiger charge is -2.15. The molecule has 4 heterocycles. The van der Waals surface area contributed by atoms with Gasteiger partial charge in [-0.05, 0) is 63.0 Å². The van der Waals surface area contributed by atoms with E-state index in [0.29, 0.717) is 5.95 Å². The van der Waals surface area contributed by atoms with Crippen LogP contribution < -0.4 is 0 Å². The van der Waals surface area contributed by atoms with Crippen LogP contribution in [0.4, 0.5) is 0 Å². The van der Waals surface area contributed by atoms with Gasteiger partial charge in [0.2, 0.25) is 5.95 Å². The molecule has 0 saturated carbocycles. The van der Waals surface area contributed by atoms with E-state index in [4.69, 9.17) is 9.97 Å². The number of hydrogen-bond donors (Lipinski definition) is 0. The number of para-hydroxylation sites is 3. The third kappa shape index (κ3) is 3.87. The quantitative estimate of drug-likeness (QED) is 0.167. The van der Waals surface area contributed by atoms with Crippen LogP contribution in [0.3, 0.4) is 0 Å². The van der Waals surface area contributed by atoms with Crippen molar-refractivity contribution in [3.05, 3.63) is 182 Å². The molecule has 0 fully saturated rings. The molecule has 1 aliphatic rings. The molecule has 258 valence electrons. The second-order valence-electron chi connectivity index (χ2n) is 14.9. The summed E-state index contributed by atoms with van der Waals surface area (Å²) >= 11 is 0. The van der Waals surface area contributed by atoms with Crippen molar-refractivity contribution in [1.29, 1.82) is 0 Å². The minimum Gasteiger partial charge on any atom is -0.308 e. The molecule has 4 nitrogen and oxygen atoms in total. The van der Waals surface area contributed by atoms with Crippen LogP contribution in [-0.4, -0.2) is 19.1 Å². The average molecular weight is 711 g/mol. The first kappa shape index (κ1) is 29.8. The lowest BCUT2D eigenvalue weighted by atomic mass is 9.91. The highest BCUT2D eigenvalue weighted by molar-refractivity contribution is 6.28. The summed E-state index contributed by atoms with van der Waals surface area (Å²) in [7, 11) is 0. The molecule has 0 N–H and O–H groups in total. The van der Waals surface area contributed by atoms with Crippen LogP contribution in [0.1, 0.15) is 0 Å². The Kier molecular flexibility index (Phi) is 5.86. The second kappa shape index (κ2) is 11.0. The maximum atomic E-state index is 5.67. The predicted molar refractivity (Wildman–Crippen MR) is 233 cm³/mol. The monoisotopic (exact) mass is 710 g/mol. The van der Waals surface area contributed by atoms with Gasteiger partial charge in [-0.2, -0.15) is 0 Å². The van der Waals surface area contributed by atoms with Gasteiger partial charge in [-0.1, -0.05) is 152 Å². The third-order valence-corrected chi connectivity index (χ3v) is 12.0. The minimum absolute atomic E-state index is 0.655. The third-order valence-electron chi connectivity index (χ3n) is 12.0. The number of nitrogens with zero attached hydrogens (tertiary/aromatic N) is 4. The molecule has 0 unspecified atom stereocenters. The van der Waals surface area contributed by atoms with Crippen molar-refractivity contribution in [1.82, 2.24) is 19.1 Å². The first-order valence-corrected chi connectivity index (χ1v) is 19.2. The van der Waals surface area contributed by atoms with Crippen LogP contribution in [0.25, 0.3) is 121 Å². The molecule has 0 radical (unpaired) electrons. The number of aromatic nitrogens is 4. The lowest BCUT2D eigenvalue weighted by Crippen LogP contribution is -2.04. The Morgan fingerprint density at radius 2 is 0.964 bits per heavy atom. The van der Waals surface area contributed by atoms with Gasteiger partial charge in [0.15, 0.2) is 0 Å². The van der Waals surface area contributed by atoms with Crippen molar-refractivity contribution in [2.75, 3.05) is 0 Å². The van der Waals surface area contributed by atoms with Crippen molar-refractivity contribution in [3.8, 4) is 45.1 Å². The van der Waals surface area contributed by atoms with E-state index < -0.39 is 0 Å². The Bertz CT molecular complexity index is 3650. The summed E-state index contributed by atoms with van der Waals surface area (Å²) in [6, 6.07) is 65.9. The molecule has 13 rings (SSSR count). The van der Waals surface area contributed by atoms with Crippen molar-refractivity contribution >= 4 is 76.1 Å². The second-order valence-corrected chi connectivity index (χ2v) is 14.9. The van der Waals surface area contributed by atoms with E-state index >= 15 is 0 Å². The molecule has 1 aliphatic heterocycles. The van der Waals surface area contributed by atoms with E-state index in [1.807, 2.05) is 0 Å². The summed E-state index contributed by atoms with van der Waals surface area (Å²) in [6.45, 7) is 0. The highest BCUT2D eigenvalue weighted by Gasteiger charge is 2.29. The van der Waals surface area contributed by atoms with Gasteiger partial charge in [0.25, 0.3) is 0 Å². The van der Waals surface area contributed by atoms with E-state index in [1.165, 1.54) is 76.7 Å². The molecule has 4 heteroatoms. The van der Waals surface area contributed by atoms with Gasteiger partial charge in [0.05, 0.1) is 39.0 Å². The van der Waals surface area contributed by atoms with Gasteiger partial charge < -0.3 is 4.57 Å². The number of hydrogen-bond acceptors (Lipinski definition) is 2.